The topological polar surface area (TPSA) is 91.7 Å². The van der Waals surface area contributed by atoms with Gasteiger partial charge in [0.05, 0.1) is 5.56 Å². The molecule has 0 radical (unpaired) electrons. The van der Waals surface area contributed by atoms with Crippen LogP contribution in [0.2, 0.25) is 0 Å². The number of H-pyrrole nitrogens is 2. The molecule has 0 aromatic carbocycles. The zero-order chi connectivity index (χ0) is 9.68. The van der Waals surface area contributed by atoms with Gasteiger partial charge in [0.2, 0.25) is 0 Å². The van der Waals surface area contributed by atoms with Gasteiger partial charge >= 0.3 is 0 Å². The summed E-state index contributed by atoms with van der Waals surface area (Å²) in [5, 5.41) is 4.31. The summed E-state index contributed by atoms with van der Waals surface area (Å²) >= 11 is 0. The minimum atomic E-state index is -0.399. The summed E-state index contributed by atoms with van der Waals surface area (Å²) in [6.45, 7) is 0.439. The SMILES string of the molecule is NCCC#Cc1cc(=O)[nH][nH]c1=O. The maximum Gasteiger partial charge on any atom is 0.278 e. The van der Waals surface area contributed by atoms with Crippen molar-refractivity contribution in [3.8, 4) is 11.8 Å². The molecule has 1 aromatic heterocycles. The van der Waals surface area contributed by atoms with E-state index in [4.69, 9.17) is 5.73 Å². The van der Waals surface area contributed by atoms with E-state index in [0.717, 1.165) is 6.07 Å². The number of nitrogens with one attached hydrogen (secondary N) is 2. The van der Waals surface area contributed by atoms with E-state index in [1.54, 1.807) is 0 Å². The third kappa shape index (κ3) is 2.61. The van der Waals surface area contributed by atoms with Crippen molar-refractivity contribution in [2.24, 2.45) is 5.73 Å². The van der Waals surface area contributed by atoms with E-state index in [0.29, 0.717) is 13.0 Å². The number of rotatable bonds is 1. The second kappa shape index (κ2) is 4.28. The van der Waals surface area contributed by atoms with E-state index < -0.39 is 5.56 Å². The first-order chi connectivity index (χ1) is 6.24. The van der Waals surface area contributed by atoms with Crippen LogP contribution in [0.5, 0.6) is 0 Å². The maximum atomic E-state index is 11.0. The van der Waals surface area contributed by atoms with Gasteiger partial charge in [-0.15, -0.1) is 0 Å². The molecule has 0 amide bonds. The van der Waals surface area contributed by atoms with Crippen molar-refractivity contribution in [3.63, 3.8) is 0 Å². The first-order valence-electron chi connectivity index (χ1n) is 3.75. The fraction of sp³-hybridized carbons (Fsp3) is 0.250. The number of aromatic amines is 2. The van der Waals surface area contributed by atoms with Gasteiger partial charge in [0, 0.05) is 19.0 Å². The number of hydrogen-bond donors (Lipinski definition) is 3. The normalized spacial score (nSPS) is 9.00. The first-order valence-corrected chi connectivity index (χ1v) is 3.75. The summed E-state index contributed by atoms with van der Waals surface area (Å²) in [6, 6.07) is 1.16. The van der Waals surface area contributed by atoms with Gasteiger partial charge in [-0.25, -0.2) is 0 Å². The second-order valence-electron chi connectivity index (χ2n) is 2.34. The molecule has 5 heteroatoms. The molecule has 1 aromatic rings. The van der Waals surface area contributed by atoms with Gasteiger partial charge in [-0.3, -0.25) is 19.8 Å². The van der Waals surface area contributed by atoms with Crippen molar-refractivity contribution in [1.82, 2.24) is 10.2 Å². The average Bonchev–Trinajstić information content (AvgIpc) is 2.11. The predicted molar refractivity (Wildman–Crippen MR) is 48.2 cm³/mol. The molecule has 0 unspecified atom stereocenters. The lowest BCUT2D eigenvalue weighted by Crippen LogP contribution is -2.20. The lowest BCUT2D eigenvalue weighted by Gasteiger charge is -1.86. The fourth-order valence-corrected chi connectivity index (χ4v) is 0.741. The quantitative estimate of drug-likeness (QED) is 0.471. The molecule has 4 N–H and O–H groups in total. The summed E-state index contributed by atoms with van der Waals surface area (Å²) in [4.78, 5) is 21.8. The highest BCUT2D eigenvalue weighted by atomic mass is 16.1. The van der Waals surface area contributed by atoms with E-state index in [2.05, 4.69) is 22.0 Å². The summed E-state index contributed by atoms with van der Waals surface area (Å²) < 4.78 is 0. The van der Waals surface area contributed by atoms with Crippen molar-refractivity contribution < 1.29 is 0 Å². The van der Waals surface area contributed by atoms with Crippen LogP contribution in [-0.4, -0.2) is 16.7 Å². The third-order valence-electron chi connectivity index (χ3n) is 1.31. The molecule has 0 atom stereocenters. The Kier molecular flexibility index (Phi) is 3.06. The maximum absolute atomic E-state index is 11.0. The van der Waals surface area contributed by atoms with Crippen molar-refractivity contribution >= 4 is 0 Å². The summed E-state index contributed by atoms with van der Waals surface area (Å²) in [5.74, 6) is 5.23. The highest BCUT2D eigenvalue weighted by Crippen LogP contribution is 1.79. The van der Waals surface area contributed by atoms with Crippen molar-refractivity contribution in [1.29, 1.82) is 0 Å². The first kappa shape index (κ1) is 9.29. The Morgan fingerprint density at radius 1 is 1.38 bits per heavy atom. The predicted octanol–water partition coefficient (Wildman–Crippen LogP) is -1.24. The van der Waals surface area contributed by atoms with E-state index in [-0.39, 0.29) is 11.1 Å². The number of aromatic nitrogens is 2. The molecule has 0 aliphatic rings. The Bertz CT molecular complexity index is 447. The molecule has 0 bridgehead atoms. The van der Waals surface area contributed by atoms with Gasteiger partial charge in [-0.2, -0.15) is 0 Å². The van der Waals surface area contributed by atoms with Crippen LogP contribution in [-0.2, 0) is 0 Å². The largest absolute Gasteiger partial charge is 0.330 e. The van der Waals surface area contributed by atoms with Gasteiger partial charge in [-0.05, 0) is 0 Å². The summed E-state index contributed by atoms with van der Waals surface area (Å²) in [5.41, 5.74) is 4.59. The zero-order valence-electron chi connectivity index (χ0n) is 6.89. The average molecular weight is 179 g/mol. The molecule has 5 nitrogen and oxygen atoms in total. The Balaban J connectivity index is 3.03. The van der Waals surface area contributed by atoms with Crippen LogP contribution in [0.1, 0.15) is 12.0 Å². The van der Waals surface area contributed by atoms with E-state index in [9.17, 15) is 9.59 Å². The summed E-state index contributed by atoms with van der Waals surface area (Å²) in [6.07, 6.45) is 0.506. The van der Waals surface area contributed by atoms with Crippen LogP contribution >= 0.6 is 0 Å². The molecular formula is C8H9N3O2. The molecule has 0 aliphatic heterocycles. The van der Waals surface area contributed by atoms with Crippen molar-refractivity contribution in [2.75, 3.05) is 6.54 Å². The Labute approximate surface area is 74.0 Å². The van der Waals surface area contributed by atoms with Crippen LogP contribution in [0.4, 0.5) is 0 Å². The van der Waals surface area contributed by atoms with Gasteiger partial charge in [0.1, 0.15) is 0 Å². The van der Waals surface area contributed by atoms with Crippen LogP contribution in [0.15, 0.2) is 15.7 Å². The molecule has 1 heterocycles. The van der Waals surface area contributed by atoms with Crippen molar-refractivity contribution in [2.45, 2.75) is 6.42 Å². The molecule has 1 rings (SSSR count). The van der Waals surface area contributed by atoms with Crippen LogP contribution in [0.3, 0.4) is 0 Å². The minimum Gasteiger partial charge on any atom is -0.330 e. The Hall–Kier alpha value is -1.80. The Morgan fingerprint density at radius 3 is 2.85 bits per heavy atom. The number of nitrogens with two attached hydrogens (primary N) is 1. The lowest BCUT2D eigenvalue weighted by atomic mass is 10.3. The van der Waals surface area contributed by atoms with E-state index in [1.807, 2.05) is 0 Å². The molecule has 0 fully saturated rings. The highest BCUT2D eigenvalue weighted by molar-refractivity contribution is 5.30. The van der Waals surface area contributed by atoms with Gasteiger partial charge in [0.25, 0.3) is 11.1 Å². The molecule has 13 heavy (non-hydrogen) atoms. The molecule has 0 spiro atoms. The van der Waals surface area contributed by atoms with Gasteiger partial charge in [0.15, 0.2) is 0 Å². The smallest absolute Gasteiger partial charge is 0.278 e. The second-order valence-corrected chi connectivity index (χ2v) is 2.34. The molecule has 0 saturated heterocycles. The third-order valence-corrected chi connectivity index (χ3v) is 1.31. The van der Waals surface area contributed by atoms with E-state index >= 15 is 0 Å². The Morgan fingerprint density at radius 2 is 2.15 bits per heavy atom. The molecule has 0 aliphatic carbocycles. The van der Waals surface area contributed by atoms with Gasteiger partial charge in [-0.1, -0.05) is 11.8 Å². The zero-order valence-corrected chi connectivity index (χ0v) is 6.89. The molecular weight excluding hydrogens is 170 g/mol. The van der Waals surface area contributed by atoms with Crippen LogP contribution in [0, 0.1) is 11.8 Å². The number of hydrogen-bond acceptors (Lipinski definition) is 3. The molecule has 0 saturated carbocycles. The summed E-state index contributed by atoms with van der Waals surface area (Å²) in [7, 11) is 0. The fourth-order valence-electron chi connectivity index (χ4n) is 0.741. The monoisotopic (exact) mass is 179 g/mol. The minimum absolute atomic E-state index is 0.164. The van der Waals surface area contributed by atoms with Gasteiger partial charge < -0.3 is 5.73 Å². The standard InChI is InChI=1S/C8H9N3O2/c9-4-2-1-3-6-5-7(12)10-11-8(6)13/h5H,2,4,9H2,(H,10,12)(H,11,13). The highest BCUT2D eigenvalue weighted by Gasteiger charge is 1.94. The van der Waals surface area contributed by atoms with Crippen molar-refractivity contribution in [3.05, 3.63) is 32.3 Å². The lowest BCUT2D eigenvalue weighted by molar-refractivity contribution is 0.945. The van der Waals surface area contributed by atoms with Crippen LogP contribution < -0.4 is 16.9 Å². The van der Waals surface area contributed by atoms with E-state index in [1.165, 1.54) is 0 Å². The molecule has 68 valence electrons. The van der Waals surface area contributed by atoms with Crippen LogP contribution in [0.25, 0.3) is 0 Å².